The summed E-state index contributed by atoms with van der Waals surface area (Å²) in [5.41, 5.74) is 9.82. The van der Waals surface area contributed by atoms with Crippen LogP contribution in [-0.4, -0.2) is 24.1 Å². The first-order valence-electron chi connectivity index (χ1n) is 21.0. The SMILES string of the molecule is c1ccc(-c2nc(-c3ccc4ccc(-n5c6ccccc6c6c(-n7c8ccccc8c8ccccc87)c7ccccc7cc65)cc4c3)nc(-c3cccc4ccccc34)n2)cc1. The molecule has 0 aliphatic carbocycles. The van der Waals surface area contributed by atoms with Gasteiger partial charge in [0, 0.05) is 49.3 Å². The van der Waals surface area contributed by atoms with Gasteiger partial charge in [-0.05, 0) is 69.4 Å². The minimum Gasteiger partial charge on any atom is -0.309 e. The van der Waals surface area contributed by atoms with Gasteiger partial charge in [-0.25, -0.2) is 15.0 Å². The number of fused-ring (bicyclic) bond motifs is 9. The minimum atomic E-state index is 0.633. The molecule has 3 aromatic heterocycles. The zero-order valence-electron chi connectivity index (χ0n) is 33.4. The molecule has 13 rings (SSSR count). The molecule has 0 bridgehead atoms. The van der Waals surface area contributed by atoms with Crippen LogP contribution in [0.25, 0.3) is 121 Å². The van der Waals surface area contributed by atoms with E-state index in [0.717, 1.165) is 55.0 Å². The Morgan fingerprint density at radius 3 is 1.61 bits per heavy atom. The summed E-state index contributed by atoms with van der Waals surface area (Å²) in [6.45, 7) is 0. The van der Waals surface area contributed by atoms with E-state index >= 15 is 0 Å². The maximum absolute atomic E-state index is 5.19. The zero-order chi connectivity index (χ0) is 40.7. The lowest BCUT2D eigenvalue weighted by molar-refractivity contribution is 1.08. The summed E-state index contributed by atoms with van der Waals surface area (Å²) in [5, 5.41) is 11.8. The number of para-hydroxylation sites is 3. The van der Waals surface area contributed by atoms with Gasteiger partial charge in [0.15, 0.2) is 17.5 Å². The Hall–Kier alpha value is -8.41. The van der Waals surface area contributed by atoms with Crippen LogP contribution in [0.4, 0.5) is 0 Å². The van der Waals surface area contributed by atoms with E-state index in [1.165, 1.54) is 49.0 Å². The first kappa shape index (κ1) is 34.5. The number of hydrogen-bond acceptors (Lipinski definition) is 3. The molecular formula is C57H35N5. The van der Waals surface area contributed by atoms with Crippen LogP contribution in [0.15, 0.2) is 212 Å². The highest BCUT2D eigenvalue weighted by Crippen LogP contribution is 2.44. The van der Waals surface area contributed by atoms with Crippen molar-refractivity contribution in [3.63, 3.8) is 0 Å². The lowest BCUT2D eigenvalue weighted by Gasteiger charge is -2.15. The van der Waals surface area contributed by atoms with E-state index in [9.17, 15) is 0 Å². The number of rotatable bonds is 5. The normalized spacial score (nSPS) is 11.9. The molecular weight excluding hydrogens is 755 g/mol. The third-order valence-corrected chi connectivity index (χ3v) is 12.5. The maximum atomic E-state index is 5.19. The van der Waals surface area contributed by atoms with Crippen LogP contribution in [0, 0.1) is 0 Å². The molecule has 0 saturated carbocycles. The third kappa shape index (κ3) is 5.25. The van der Waals surface area contributed by atoms with Gasteiger partial charge in [0.25, 0.3) is 0 Å². The van der Waals surface area contributed by atoms with Gasteiger partial charge in [0.1, 0.15) is 0 Å². The first-order valence-corrected chi connectivity index (χ1v) is 21.0. The van der Waals surface area contributed by atoms with E-state index in [0.29, 0.717) is 17.5 Å². The lowest BCUT2D eigenvalue weighted by atomic mass is 10.0. The van der Waals surface area contributed by atoms with Crippen molar-refractivity contribution in [2.45, 2.75) is 0 Å². The smallest absolute Gasteiger partial charge is 0.164 e. The van der Waals surface area contributed by atoms with E-state index in [1.807, 2.05) is 18.2 Å². The van der Waals surface area contributed by atoms with Crippen molar-refractivity contribution < 1.29 is 0 Å². The van der Waals surface area contributed by atoms with E-state index in [1.54, 1.807) is 0 Å². The van der Waals surface area contributed by atoms with Gasteiger partial charge in [0.05, 0.1) is 27.8 Å². The second-order valence-electron chi connectivity index (χ2n) is 16.0. The van der Waals surface area contributed by atoms with Crippen LogP contribution >= 0.6 is 0 Å². The average molecular weight is 790 g/mol. The highest BCUT2D eigenvalue weighted by Gasteiger charge is 2.22. The molecule has 0 fully saturated rings. The summed E-state index contributed by atoms with van der Waals surface area (Å²) < 4.78 is 4.93. The third-order valence-electron chi connectivity index (χ3n) is 12.5. The molecule has 0 saturated heterocycles. The number of hydrogen-bond donors (Lipinski definition) is 0. The van der Waals surface area contributed by atoms with Crippen molar-refractivity contribution in [1.29, 1.82) is 0 Å². The van der Waals surface area contributed by atoms with Crippen LogP contribution in [0.1, 0.15) is 0 Å². The van der Waals surface area contributed by atoms with Gasteiger partial charge in [-0.15, -0.1) is 0 Å². The van der Waals surface area contributed by atoms with E-state index in [-0.39, 0.29) is 0 Å². The molecule has 0 radical (unpaired) electrons. The molecule has 0 amide bonds. The monoisotopic (exact) mass is 789 g/mol. The predicted octanol–water partition coefficient (Wildman–Crippen LogP) is 14.5. The molecule has 0 atom stereocenters. The van der Waals surface area contributed by atoms with Crippen molar-refractivity contribution in [1.82, 2.24) is 24.1 Å². The quantitative estimate of drug-likeness (QED) is 0.174. The molecule has 5 heteroatoms. The van der Waals surface area contributed by atoms with Gasteiger partial charge < -0.3 is 9.13 Å². The minimum absolute atomic E-state index is 0.633. The molecule has 10 aromatic carbocycles. The van der Waals surface area contributed by atoms with E-state index < -0.39 is 0 Å². The van der Waals surface area contributed by atoms with Crippen LogP contribution in [0.3, 0.4) is 0 Å². The topological polar surface area (TPSA) is 48.5 Å². The van der Waals surface area contributed by atoms with E-state index in [4.69, 9.17) is 15.0 Å². The van der Waals surface area contributed by atoms with Crippen molar-refractivity contribution in [2.75, 3.05) is 0 Å². The second kappa shape index (κ2) is 13.6. The molecule has 0 N–H and O–H groups in total. The Balaban J connectivity index is 1.04. The van der Waals surface area contributed by atoms with Gasteiger partial charge >= 0.3 is 0 Å². The fourth-order valence-corrected chi connectivity index (χ4v) is 9.71. The van der Waals surface area contributed by atoms with E-state index in [2.05, 4.69) is 203 Å². The highest BCUT2D eigenvalue weighted by molar-refractivity contribution is 6.22. The Labute approximate surface area is 356 Å². The molecule has 13 aromatic rings. The molecule has 288 valence electrons. The lowest BCUT2D eigenvalue weighted by Crippen LogP contribution is -2.00. The summed E-state index contributed by atoms with van der Waals surface area (Å²) >= 11 is 0. The summed E-state index contributed by atoms with van der Waals surface area (Å²) in [4.78, 5) is 15.4. The predicted molar refractivity (Wildman–Crippen MR) is 257 cm³/mol. The van der Waals surface area contributed by atoms with Crippen molar-refractivity contribution in [3.8, 4) is 45.5 Å². The van der Waals surface area contributed by atoms with Crippen LogP contribution in [0.5, 0.6) is 0 Å². The molecule has 5 nitrogen and oxygen atoms in total. The van der Waals surface area contributed by atoms with Crippen molar-refractivity contribution >= 4 is 75.9 Å². The molecule has 0 aliphatic heterocycles. The first-order chi connectivity index (χ1) is 30.7. The number of nitrogens with zero attached hydrogens (tertiary/aromatic N) is 5. The molecule has 3 heterocycles. The van der Waals surface area contributed by atoms with Gasteiger partial charge in [-0.3, -0.25) is 0 Å². The molecule has 62 heavy (non-hydrogen) atoms. The Morgan fingerprint density at radius 2 is 0.855 bits per heavy atom. The summed E-state index contributed by atoms with van der Waals surface area (Å²) in [6.07, 6.45) is 0. The van der Waals surface area contributed by atoms with Gasteiger partial charge in [0.2, 0.25) is 0 Å². The summed E-state index contributed by atoms with van der Waals surface area (Å²) in [6, 6.07) is 75.8. The second-order valence-corrected chi connectivity index (χ2v) is 16.0. The van der Waals surface area contributed by atoms with Crippen molar-refractivity contribution in [2.24, 2.45) is 0 Å². The highest BCUT2D eigenvalue weighted by atomic mass is 15.0. The fraction of sp³-hybridized carbons (Fsp3) is 0. The molecule has 0 spiro atoms. The standard InChI is InChI=1S/C57H35N5/c1-2-16-38(17-3-1)55-58-56(60-57(59-55)47-25-14-19-37-15-4-6-20-43(37)47)40-30-29-36-31-32-42(34-41(36)33-40)61-51-28-13-10-24-48(51)53-52(61)35-39-18-5-7-21-44(39)54(53)62-49-26-11-8-22-45(49)46-23-9-12-27-50(46)62/h1-35H. The molecule has 0 unspecified atom stereocenters. The number of aromatic nitrogens is 5. The Morgan fingerprint density at radius 1 is 0.290 bits per heavy atom. The van der Waals surface area contributed by atoms with Crippen molar-refractivity contribution in [3.05, 3.63) is 212 Å². The summed E-state index contributed by atoms with van der Waals surface area (Å²) in [5.74, 6) is 1.92. The Kier molecular flexibility index (Phi) is 7.54. The van der Waals surface area contributed by atoms with Crippen LogP contribution in [-0.2, 0) is 0 Å². The maximum Gasteiger partial charge on any atom is 0.164 e. The largest absolute Gasteiger partial charge is 0.309 e. The van der Waals surface area contributed by atoms with Gasteiger partial charge in [-0.2, -0.15) is 0 Å². The average Bonchev–Trinajstić information content (AvgIpc) is 3.85. The number of benzene rings is 10. The van der Waals surface area contributed by atoms with Crippen LogP contribution < -0.4 is 0 Å². The summed E-state index contributed by atoms with van der Waals surface area (Å²) in [7, 11) is 0. The molecule has 0 aliphatic rings. The fourth-order valence-electron chi connectivity index (χ4n) is 9.71. The zero-order valence-corrected chi connectivity index (χ0v) is 33.4. The van der Waals surface area contributed by atoms with Crippen LogP contribution in [0.2, 0.25) is 0 Å². The van der Waals surface area contributed by atoms with Gasteiger partial charge in [-0.1, -0.05) is 170 Å². The Bertz CT molecular complexity index is 3880.